The largest absolute Gasteiger partial charge is 0.449 e. The van der Waals surface area contributed by atoms with Crippen molar-refractivity contribution in [1.29, 1.82) is 0 Å². The summed E-state index contributed by atoms with van der Waals surface area (Å²) < 4.78 is 10.7. The van der Waals surface area contributed by atoms with Crippen molar-refractivity contribution in [3.8, 4) is 0 Å². The van der Waals surface area contributed by atoms with Gasteiger partial charge in [0.25, 0.3) is 5.91 Å². The van der Waals surface area contributed by atoms with Gasteiger partial charge in [-0.25, -0.2) is 4.79 Å². The number of nitrogens with one attached hydrogen (secondary N) is 1. The van der Waals surface area contributed by atoms with Crippen LogP contribution in [0.15, 0.2) is 33.5 Å². The standard InChI is InChI=1S/C20H23NO5/c1-12-8-9-17-15(10-12)16(22)11-18(26-17)20(24)25-13(2)19(23)21-14-6-4-3-5-7-14/h8-11,13-14H,3-7H2,1-2H3,(H,21,23)/t13-/m0/s1. The summed E-state index contributed by atoms with van der Waals surface area (Å²) >= 11 is 0. The molecule has 1 heterocycles. The van der Waals surface area contributed by atoms with Crippen LogP contribution in [0.25, 0.3) is 11.0 Å². The van der Waals surface area contributed by atoms with Crippen LogP contribution in [-0.2, 0) is 9.53 Å². The van der Waals surface area contributed by atoms with E-state index < -0.39 is 12.1 Å². The Kier molecular flexibility index (Phi) is 5.40. The molecule has 1 aliphatic rings. The molecule has 1 aromatic heterocycles. The van der Waals surface area contributed by atoms with Crippen LogP contribution in [0.1, 0.15) is 55.1 Å². The summed E-state index contributed by atoms with van der Waals surface area (Å²) in [6.07, 6.45) is 4.33. The summed E-state index contributed by atoms with van der Waals surface area (Å²) in [6.45, 7) is 3.38. The molecule has 138 valence electrons. The predicted octanol–water partition coefficient (Wildman–Crippen LogP) is 3.10. The molecule has 1 aliphatic carbocycles. The number of fused-ring (bicyclic) bond motifs is 1. The van der Waals surface area contributed by atoms with Gasteiger partial charge in [-0.15, -0.1) is 0 Å². The van der Waals surface area contributed by atoms with Gasteiger partial charge in [0, 0.05) is 12.1 Å². The molecule has 1 atom stereocenters. The highest BCUT2D eigenvalue weighted by molar-refractivity contribution is 5.91. The van der Waals surface area contributed by atoms with Crippen LogP contribution < -0.4 is 10.7 Å². The molecule has 1 saturated carbocycles. The second kappa shape index (κ2) is 7.72. The maximum absolute atomic E-state index is 12.3. The van der Waals surface area contributed by atoms with E-state index in [0.29, 0.717) is 11.0 Å². The van der Waals surface area contributed by atoms with E-state index in [1.807, 2.05) is 6.92 Å². The summed E-state index contributed by atoms with van der Waals surface area (Å²) in [5.41, 5.74) is 0.920. The second-order valence-corrected chi connectivity index (χ2v) is 6.87. The Bertz CT molecular complexity index is 879. The Morgan fingerprint density at radius 3 is 2.65 bits per heavy atom. The number of amides is 1. The van der Waals surface area contributed by atoms with Crippen molar-refractivity contribution in [2.75, 3.05) is 0 Å². The monoisotopic (exact) mass is 357 g/mol. The molecule has 0 unspecified atom stereocenters. The van der Waals surface area contributed by atoms with Crippen LogP contribution in [-0.4, -0.2) is 24.0 Å². The topological polar surface area (TPSA) is 85.6 Å². The van der Waals surface area contributed by atoms with Crippen LogP contribution in [0.5, 0.6) is 0 Å². The van der Waals surface area contributed by atoms with Gasteiger partial charge in [0.05, 0.1) is 5.39 Å². The summed E-state index contributed by atoms with van der Waals surface area (Å²) in [5, 5.41) is 3.32. The Morgan fingerprint density at radius 1 is 1.19 bits per heavy atom. The summed E-state index contributed by atoms with van der Waals surface area (Å²) in [4.78, 5) is 36.7. The van der Waals surface area contributed by atoms with Gasteiger partial charge in [0.15, 0.2) is 11.5 Å². The molecule has 1 amide bonds. The van der Waals surface area contributed by atoms with Gasteiger partial charge in [-0.2, -0.15) is 0 Å². The van der Waals surface area contributed by atoms with Crippen LogP contribution >= 0.6 is 0 Å². The molecule has 0 bridgehead atoms. The summed E-state index contributed by atoms with van der Waals surface area (Å²) in [6, 6.07) is 6.38. The van der Waals surface area contributed by atoms with Crippen molar-refractivity contribution >= 4 is 22.8 Å². The van der Waals surface area contributed by atoms with Gasteiger partial charge >= 0.3 is 5.97 Å². The Labute approximate surface area is 151 Å². The van der Waals surface area contributed by atoms with Crippen LogP contribution in [0.2, 0.25) is 0 Å². The average molecular weight is 357 g/mol. The first-order valence-corrected chi connectivity index (χ1v) is 9.00. The predicted molar refractivity (Wildman–Crippen MR) is 97.1 cm³/mol. The van der Waals surface area contributed by atoms with Crippen LogP contribution in [0.4, 0.5) is 0 Å². The number of hydrogen-bond donors (Lipinski definition) is 1. The highest BCUT2D eigenvalue weighted by Gasteiger charge is 2.24. The molecule has 6 heteroatoms. The molecule has 26 heavy (non-hydrogen) atoms. The third-order valence-electron chi connectivity index (χ3n) is 4.69. The number of aryl methyl sites for hydroxylation is 1. The lowest BCUT2D eigenvalue weighted by Gasteiger charge is -2.24. The van der Waals surface area contributed by atoms with E-state index in [-0.39, 0.29) is 23.1 Å². The van der Waals surface area contributed by atoms with E-state index in [9.17, 15) is 14.4 Å². The minimum absolute atomic E-state index is 0.138. The first kappa shape index (κ1) is 18.2. The van der Waals surface area contributed by atoms with E-state index in [1.54, 1.807) is 18.2 Å². The number of carbonyl (C=O) groups excluding carboxylic acids is 2. The third-order valence-corrected chi connectivity index (χ3v) is 4.69. The van der Waals surface area contributed by atoms with Crippen LogP contribution in [0.3, 0.4) is 0 Å². The molecular formula is C20H23NO5. The lowest BCUT2D eigenvalue weighted by molar-refractivity contribution is -0.130. The maximum Gasteiger partial charge on any atom is 0.375 e. The lowest BCUT2D eigenvalue weighted by Crippen LogP contribution is -2.42. The molecule has 3 rings (SSSR count). The minimum Gasteiger partial charge on any atom is -0.449 e. The number of benzene rings is 1. The zero-order chi connectivity index (χ0) is 18.7. The zero-order valence-electron chi connectivity index (χ0n) is 15.0. The molecule has 1 aromatic carbocycles. The molecule has 0 aliphatic heterocycles. The second-order valence-electron chi connectivity index (χ2n) is 6.87. The molecule has 2 aromatic rings. The fourth-order valence-electron chi connectivity index (χ4n) is 3.21. The van der Waals surface area contributed by atoms with Crippen LogP contribution in [0, 0.1) is 6.92 Å². The van der Waals surface area contributed by atoms with E-state index in [4.69, 9.17) is 9.15 Å². The van der Waals surface area contributed by atoms with Gasteiger partial charge in [0.2, 0.25) is 5.76 Å². The molecule has 0 radical (unpaired) electrons. The van der Waals surface area contributed by atoms with Gasteiger partial charge in [-0.3, -0.25) is 9.59 Å². The highest BCUT2D eigenvalue weighted by Crippen LogP contribution is 2.18. The molecule has 6 nitrogen and oxygen atoms in total. The Morgan fingerprint density at radius 2 is 1.92 bits per heavy atom. The molecule has 1 fully saturated rings. The average Bonchev–Trinajstić information content (AvgIpc) is 2.62. The number of carbonyl (C=O) groups is 2. The fraction of sp³-hybridized carbons (Fsp3) is 0.450. The highest BCUT2D eigenvalue weighted by atomic mass is 16.6. The van der Waals surface area contributed by atoms with Crippen molar-refractivity contribution in [3.63, 3.8) is 0 Å². The lowest BCUT2D eigenvalue weighted by atomic mass is 9.95. The zero-order valence-corrected chi connectivity index (χ0v) is 15.0. The van der Waals surface area contributed by atoms with Crippen molar-refractivity contribution < 1.29 is 18.7 Å². The van der Waals surface area contributed by atoms with E-state index in [1.165, 1.54) is 13.3 Å². The SMILES string of the molecule is Cc1ccc2oc(C(=O)O[C@@H](C)C(=O)NC3CCCCC3)cc(=O)c2c1. The summed E-state index contributed by atoms with van der Waals surface area (Å²) in [5.74, 6) is -1.36. The fourth-order valence-corrected chi connectivity index (χ4v) is 3.21. The van der Waals surface area contributed by atoms with Gasteiger partial charge < -0.3 is 14.5 Å². The maximum atomic E-state index is 12.3. The Balaban J connectivity index is 1.69. The van der Waals surface area contributed by atoms with Crippen molar-refractivity contribution in [3.05, 3.63) is 45.8 Å². The minimum atomic E-state index is -0.955. The number of rotatable bonds is 4. The Hall–Kier alpha value is -2.63. The van der Waals surface area contributed by atoms with E-state index in [0.717, 1.165) is 37.3 Å². The van der Waals surface area contributed by atoms with Gasteiger partial charge in [-0.1, -0.05) is 30.9 Å². The van der Waals surface area contributed by atoms with Crippen molar-refractivity contribution in [2.24, 2.45) is 0 Å². The quantitative estimate of drug-likeness (QED) is 0.850. The molecular weight excluding hydrogens is 334 g/mol. The molecule has 1 N–H and O–H groups in total. The van der Waals surface area contributed by atoms with Crippen molar-refractivity contribution in [2.45, 2.75) is 58.1 Å². The molecule has 0 saturated heterocycles. The number of hydrogen-bond acceptors (Lipinski definition) is 5. The van der Waals surface area contributed by atoms with Crippen molar-refractivity contribution in [1.82, 2.24) is 5.32 Å². The first-order chi connectivity index (χ1) is 12.4. The van der Waals surface area contributed by atoms with Gasteiger partial charge in [-0.05, 0) is 38.8 Å². The molecule has 0 spiro atoms. The van der Waals surface area contributed by atoms with E-state index in [2.05, 4.69) is 5.32 Å². The summed E-state index contributed by atoms with van der Waals surface area (Å²) in [7, 11) is 0. The smallest absolute Gasteiger partial charge is 0.375 e. The third kappa shape index (κ3) is 4.12. The van der Waals surface area contributed by atoms with E-state index >= 15 is 0 Å². The number of ether oxygens (including phenoxy) is 1. The first-order valence-electron chi connectivity index (χ1n) is 9.00. The van der Waals surface area contributed by atoms with Gasteiger partial charge in [0.1, 0.15) is 5.58 Å². The number of esters is 1. The normalized spacial score (nSPS) is 16.2.